The largest absolute Gasteiger partial charge is 0.370 e. The molecule has 0 atom stereocenters. The molecule has 0 bridgehead atoms. The van der Waals surface area contributed by atoms with Crippen LogP contribution in [0.4, 0.5) is 5.82 Å². The molecule has 0 amide bonds. The van der Waals surface area contributed by atoms with Crippen LogP contribution in [0.15, 0.2) is 34.3 Å². The van der Waals surface area contributed by atoms with Crippen LogP contribution >= 0.6 is 11.6 Å². The van der Waals surface area contributed by atoms with Gasteiger partial charge in [0, 0.05) is 23.5 Å². The molecule has 1 fully saturated rings. The molecule has 0 unspecified atom stereocenters. The summed E-state index contributed by atoms with van der Waals surface area (Å²) in [6, 6.07) is 4.38. The van der Waals surface area contributed by atoms with E-state index < -0.39 is 22.9 Å². The van der Waals surface area contributed by atoms with Gasteiger partial charge in [0.1, 0.15) is 0 Å². The molecule has 29 heavy (non-hydrogen) atoms. The van der Waals surface area contributed by atoms with E-state index in [0.29, 0.717) is 15.8 Å². The quantitative estimate of drug-likeness (QED) is 0.286. The Morgan fingerprint density at radius 2 is 1.97 bits per heavy atom. The van der Waals surface area contributed by atoms with E-state index in [1.807, 2.05) is 0 Å². The van der Waals surface area contributed by atoms with E-state index in [4.69, 9.17) is 23.1 Å². The highest BCUT2D eigenvalue weighted by atomic mass is 35.5. The normalized spacial score (nSPS) is 15.5. The number of aromatic nitrogens is 1. The first-order chi connectivity index (χ1) is 13.7. The van der Waals surface area contributed by atoms with Crippen LogP contribution in [-0.2, 0) is 10.0 Å². The monoisotopic (exact) mass is 441 g/mol. The maximum absolute atomic E-state index is 13.3. The summed E-state index contributed by atoms with van der Waals surface area (Å²) in [5, 5.41) is 20.1. The van der Waals surface area contributed by atoms with Gasteiger partial charge in [0.25, 0.3) is 0 Å². The molecule has 0 spiro atoms. The van der Waals surface area contributed by atoms with Gasteiger partial charge in [0.2, 0.25) is 10.0 Å². The number of hydrogen-bond donors (Lipinski definition) is 4. The number of aliphatic imine (C=N–C) groups is 1. The van der Waals surface area contributed by atoms with Crippen molar-refractivity contribution in [3.63, 3.8) is 0 Å². The van der Waals surface area contributed by atoms with Crippen molar-refractivity contribution in [2.45, 2.75) is 36.9 Å². The van der Waals surface area contributed by atoms with Crippen LogP contribution in [0, 0.1) is 5.92 Å². The van der Waals surface area contributed by atoms with E-state index in [1.165, 1.54) is 18.3 Å². The molecule has 1 aliphatic carbocycles. The molecule has 3 rings (SSSR count). The second-order valence-electron chi connectivity index (χ2n) is 7.13. The van der Waals surface area contributed by atoms with Crippen molar-refractivity contribution in [3.05, 3.63) is 29.4 Å². The summed E-state index contributed by atoms with van der Waals surface area (Å²) in [7, 11) is -4.00. The van der Waals surface area contributed by atoms with Crippen molar-refractivity contribution >= 4 is 44.2 Å². The molecule has 1 heterocycles. The second kappa shape index (κ2) is 8.80. The third-order valence-electron chi connectivity index (χ3n) is 4.97. The molecule has 1 saturated carbocycles. The lowest BCUT2D eigenvalue weighted by Gasteiger charge is -2.26. The summed E-state index contributed by atoms with van der Waals surface area (Å²) in [6.45, 7) is -0.183. The number of fused-ring (bicyclic) bond motifs is 1. The predicted octanol–water partition coefficient (Wildman–Crippen LogP) is 1.28. The van der Waals surface area contributed by atoms with Crippen molar-refractivity contribution in [1.29, 1.82) is 0 Å². The summed E-state index contributed by atoms with van der Waals surface area (Å²) < 4.78 is 27.7. The van der Waals surface area contributed by atoms with Crippen LogP contribution in [-0.4, -0.2) is 53.3 Å². The highest BCUT2D eigenvalue weighted by Crippen LogP contribution is 2.33. The lowest BCUT2D eigenvalue weighted by atomic mass is 10.1. The Kier molecular flexibility index (Phi) is 6.59. The molecule has 9 nitrogen and oxygen atoms in total. The number of benzene rings is 1. The molecular weight excluding hydrogens is 418 g/mol. The highest BCUT2D eigenvalue weighted by molar-refractivity contribution is 7.89. The van der Waals surface area contributed by atoms with Gasteiger partial charge >= 0.3 is 0 Å². The Morgan fingerprint density at radius 1 is 1.28 bits per heavy atom. The van der Waals surface area contributed by atoms with Gasteiger partial charge in [-0.3, -0.25) is 0 Å². The number of hydrogen-bond acceptors (Lipinski definition) is 6. The Morgan fingerprint density at radius 3 is 2.59 bits per heavy atom. The Hall–Kier alpha value is -1.98. The van der Waals surface area contributed by atoms with E-state index in [2.05, 4.69) is 9.98 Å². The summed E-state index contributed by atoms with van der Waals surface area (Å²) >= 11 is 6.18. The molecule has 11 heteroatoms. The van der Waals surface area contributed by atoms with E-state index in [-0.39, 0.29) is 29.1 Å². The number of halogens is 1. The fourth-order valence-corrected chi connectivity index (χ4v) is 5.38. The number of nitrogens with zero attached hydrogens (tertiary/aromatic N) is 3. The molecule has 158 valence electrons. The fourth-order valence-electron chi connectivity index (χ4n) is 3.63. The average molecular weight is 442 g/mol. The minimum atomic E-state index is -4.00. The minimum absolute atomic E-state index is 0.0280. The van der Waals surface area contributed by atoms with Gasteiger partial charge in [-0.25, -0.2) is 13.4 Å². The van der Waals surface area contributed by atoms with Gasteiger partial charge < -0.3 is 21.7 Å². The first kappa shape index (κ1) is 21.7. The van der Waals surface area contributed by atoms with Gasteiger partial charge in [0.05, 0.1) is 16.5 Å². The number of sulfonamides is 1. The fraction of sp³-hybridized carbons (Fsp3) is 0.444. The Bertz CT molecular complexity index is 1020. The lowest BCUT2D eigenvalue weighted by Crippen LogP contribution is -2.40. The molecule has 6 N–H and O–H groups in total. The maximum Gasteiger partial charge on any atom is 0.243 e. The number of nitrogens with two attached hydrogens (primary N) is 2. The van der Waals surface area contributed by atoms with Crippen LogP contribution in [0.2, 0.25) is 5.02 Å². The predicted molar refractivity (Wildman–Crippen MR) is 111 cm³/mol. The minimum Gasteiger partial charge on any atom is -0.370 e. The molecule has 0 aliphatic heterocycles. The molecule has 0 saturated heterocycles. The third-order valence-corrected chi connectivity index (χ3v) is 7.09. The van der Waals surface area contributed by atoms with Crippen LogP contribution < -0.4 is 11.5 Å². The maximum atomic E-state index is 13.3. The number of rotatable bonds is 7. The molecule has 2 aromatic rings. The summed E-state index contributed by atoms with van der Waals surface area (Å²) in [6.07, 6.45) is 3.53. The summed E-state index contributed by atoms with van der Waals surface area (Å²) in [5.41, 5.74) is 10.9. The smallest absolute Gasteiger partial charge is 0.243 e. The molecule has 1 aromatic carbocycles. The molecule has 1 aliphatic rings. The number of aliphatic hydroxyl groups excluding tert-OH is 1. The van der Waals surface area contributed by atoms with Crippen LogP contribution in [0.25, 0.3) is 10.8 Å². The summed E-state index contributed by atoms with van der Waals surface area (Å²) in [4.78, 5) is 7.99. The van der Waals surface area contributed by atoms with E-state index in [1.54, 1.807) is 6.07 Å². The van der Waals surface area contributed by atoms with Crippen molar-refractivity contribution in [3.8, 4) is 0 Å². The number of aliphatic hydroxyl groups is 2. The van der Waals surface area contributed by atoms with Gasteiger partial charge in [-0.05, 0) is 30.9 Å². The van der Waals surface area contributed by atoms with Crippen LogP contribution in [0.1, 0.15) is 25.7 Å². The lowest BCUT2D eigenvalue weighted by molar-refractivity contribution is -0.0504. The van der Waals surface area contributed by atoms with Crippen LogP contribution in [0.3, 0.4) is 0 Å². The van der Waals surface area contributed by atoms with Gasteiger partial charge in [-0.2, -0.15) is 9.30 Å². The van der Waals surface area contributed by atoms with Crippen molar-refractivity contribution in [2.75, 3.05) is 13.1 Å². The number of pyridine rings is 1. The van der Waals surface area contributed by atoms with Crippen molar-refractivity contribution < 1.29 is 18.6 Å². The van der Waals surface area contributed by atoms with Crippen LogP contribution in [0.5, 0.6) is 0 Å². The molecular formula is C18H24ClN5O4S. The molecule has 1 aromatic heterocycles. The van der Waals surface area contributed by atoms with Gasteiger partial charge in [0.15, 0.2) is 18.1 Å². The van der Waals surface area contributed by atoms with Crippen molar-refractivity contribution in [1.82, 2.24) is 9.29 Å². The Balaban J connectivity index is 2.06. The topological polar surface area (TPSA) is 155 Å². The Labute approximate surface area is 174 Å². The van der Waals surface area contributed by atoms with E-state index >= 15 is 0 Å². The van der Waals surface area contributed by atoms with Gasteiger partial charge in [-0.1, -0.05) is 30.5 Å². The van der Waals surface area contributed by atoms with E-state index in [9.17, 15) is 18.6 Å². The SMILES string of the molecule is NC(N)=Nc1ncc(Cl)c2ccc(S(=O)(=O)N(CC(O)O)CC3CCCC3)cc12. The standard InChI is InChI=1S/C18H24ClN5O4S/c19-15-8-22-17(23-18(20)21)14-7-12(5-6-13(14)15)29(27,28)24(10-16(25)26)9-11-3-1-2-4-11/h5-8,11,16,25-26H,1-4,9-10H2,(H4,20,21,22,23). The number of guanidine groups is 1. The summed E-state index contributed by atoms with van der Waals surface area (Å²) in [5.74, 6) is 0.115. The third kappa shape index (κ3) is 4.96. The molecule has 0 radical (unpaired) electrons. The first-order valence-electron chi connectivity index (χ1n) is 9.22. The zero-order valence-electron chi connectivity index (χ0n) is 15.7. The second-order valence-corrected chi connectivity index (χ2v) is 9.47. The zero-order valence-corrected chi connectivity index (χ0v) is 17.3. The van der Waals surface area contributed by atoms with Crippen molar-refractivity contribution in [2.24, 2.45) is 22.4 Å². The average Bonchev–Trinajstić information content (AvgIpc) is 3.16. The van der Waals surface area contributed by atoms with E-state index in [0.717, 1.165) is 30.0 Å². The highest BCUT2D eigenvalue weighted by Gasteiger charge is 2.30. The zero-order chi connectivity index (χ0) is 21.2. The first-order valence-corrected chi connectivity index (χ1v) is 11.0. The van der Waals surface area contributed by atoms with Gasteiger partial charge in [-0.15, -0.1) is 0 Å².